The molecule has 39 heavy (non-hydrogen) atoms. The van der Waals surface area contributed by atoms with Crippen molar-refractivity contribution in [3.63, 3.8) is 0 Å². The molecule has 1 amide bonds. The number of amides is 1. The maximum Gasteiger partial charge on any atom is 0.307 e. The molecule has 2 aromatic rings. The van der Waals surface area contributed by atoms with Gasteiger partial charge in [-0.15, -0.1) is 0 Å². The number of benzene rings is 2. The number of likely N-dealkylation sites (tertiary alicyclic amines) is 1. The molecule has 0 aromatic heterocycles. The van der Waals surface area contributed by atoms with E-state index in [4.69, 9.17) is 32.7 Å². The van der Waals surface area contributed by atoms with Crippen molar-refractivity contribution in [2.45, 2.75) is 70.6 Å². The second kappa shape index (κ2) is 13.0. The number of rotatable bonds is 8. The van der Waals surface area contributed by atoms with Gasteiger partial charge in [-0.25, -0.2) is 0 Å². The zero-order valence-corrected chi connectivity index (χ0v) is 24.9. The molecular weight excluding hydrogens is 535 g/mol. The molecule has 212 valence electrons. The van der Waals surface area contributed by atoms with E-state index in [0.717, 1.165) is 37.2 Å². The lowest BCUT2D eigenvalue weighted by Gasteiger charge is -2.49. The fourth-order valence-electron chi connectivity index (χ4n) is 5.84. The van der Waals surface area contributed by atoms with Crippen LogP contribution < -0.4 is 0 Å². The first kappa shape index (κ1) is 29.9. The molecule has 2 aliphatic heterocycles. The molecule has 0 spiro atoms. The van der Waals surface area contributed by atoms with Crippen molar-refractivity contribution < 1.29 is 19.1 Å². The molecular formula is C31H40Cl2N2O4. The fraction of sp³-hybridized carbons (Fsp3) is 0.548. The van der Waals surface area contributed by atoms with Crippen molar-refractivity contribution >= 4 is 35.1 Å². The minimum absolute atomic E-state index is 0.000744. The first-order valence-electron chi connectivity index (χ1n) is 13.9. The molecule has 2 heterocycles. The van der Waals surface area contributed by atoms with Crippen LogP contribution in [0.15, 0.2) is 48.5 Å². The van der Waals surface area contributed by atoms with Crippen LogP contribution in [0.3, 0.4) is 0 Å². The number of hydrogen-bond acceptors (Lipinski definition) is 5. The molecule has 4 atom stereocenters. The van der Waals surface area contributed by atoms with Crippen LogP contribution in [-0.4, -0.2) is 66.2 Å². The Kier molecular flexibility index (Phi) is 9.97. The Hall–Kier alpha value is -2.12. The number of halogens is 2. The summed E-state index contributed by atoms with van der Waals surface area (Å²) in [6.45, 7) is 11.5. The Morgan fingerprint density at radius 1 is 1.05 bits per heavy atom. The summed E-state index contributed by atoms with van der Waals surface area (Å²) in [7, 11) is 0. The van der Waals surface area contributed by atoms with E-state index in [9.17, 15) is 9.59 Å². The van der Waals surface area contributed by atoms with Gasteiger partial charge in [-0.3, -0.25) is 14.5 Å². The standard InChI is InChI=1S/C31H40Cl2N2O4/c1-5-26(20-34-13-15-38-16-14-34)35-29(21-9-11-24(32)12-10-21)27(22-7-6-8-25(33)17-22)18-23(30(35)37)19-28(36)39-31(2,3)4/h6-12,17,23,26-27,29H,5,13-16,18-20H2,1-4H3/t23-,26?,27?,29?/m1/s1. The van der Waals surface area contributed by atoms with Crippen LogP contribution in [0.2, 0.25) is 10.0 Å². The summed E-state index contributed by atoms with van der Waals surface area (Å²) in [5.74, 6) is -0.907. The highest BCUT2D eigenvalue weighted by molar-refractivity contribution is 6.30. The molecule has 0 bridgehead atoms. The molecule has 2 saturated heterocycles. The molecule has 0 saturated carbocycles. The van der Waals surface area contributed by atoms with E-state index in [1.165, 1.54) is 0 Å². The molecule has 6 nitrogen and oxygen atoms in total. The lowest BCUT2D eigenvalue weighted by Crippen LogP contribution is -2.55. The second-order valence-electron chi connectivity index (χ2n) is 11.6. The van der Waals surface area contributed by atoms with Crippen molar-refractivity contribution in [3.8, 4) is 0 Å². The highest BCUT2D eigenvalue weighted by Gasteiger charge is 2.46. The highest BCUT2D eigenvalue weighted by atomic mass is 35.5. The van der Waals surface area contributed by atoms with Crippen molar-refractivity contribution in [1.82, 2.24) is 9.80 Å². The summed E-state index contributed by atoms with van der Waals surface area (Å²) in [5.41, 5.74) is 1.46. The number of piperidine rings is 1. The van der Waals surface area contributed by atoms with Gasteiger partial charge in [-0.05, 0) is 69.0 Å². The van der Waals surface area contributed by atoms with Gasteiger partial charge in [0.05, 0.1) is 25.7 Å². The second-order valence-corrected chi connectivity index (χ2v) is 12.5. The van der Waals surface area contributed by atoms with Crippen LogP contribution in [0.4, 0.5) is 0 Å². The number of nitrogens with zero attached hydrogens (tertiary/aromatic N) is 2. The lowest BCUT2D eigenvalue weighted by molar-refractivity contribution is -0.162. The quantitative estimate of drug-likeness (QED) is 0.336. The van der Waals surface area contributed by atoms with Crippen LogP contribution in [0.1, 0.15) is 70.0 Å². The largest absolute Gasteiger partial charge is 0.460 e. The summed E-state index contributed by atoms with van der Waals surface area (Å²) >= 11 is 12.7. The van der Waals surface area contributed by atoms with Crippen molar-refractivity contribution in [1.29, 1.82) is 0 Å². The Bertz CT molecular complexity index is 1130. The third-order valence-corrected chi connectivity index (χ3v) is 8.07. The first-order chi connectivity index (χ1) is 18.6. The van der Waals surface area contributed by atoms with Gasteiger partial charge in [0.1, 0.15) is 5.60 Å². The number of ether oxygens (including phenoxy) is 2. The van der Waals surface area contributed by atoms with E-state index in [-0.39, 0.29) is 36.3 Å². The summed E-state index contributed by atoms with van der Waals surface area (Å²) in [5, 5.41) is 1.30. The van der Waals surface area contributed by atoms with Gasteiger partial charge in [0.25, 0.3) is 0 Å². The van der Waals surface area contributed by atoms with Gasteiger partial charge >= 0.3 is 5.97 Å². The smallest absolute Gasteiger partial charge is 0.307 e. The third kappa shape index (κ3) is 7.75. The Morgan fingerprint density at radius 3 is 2.36 bits per heavy atom. The predicted molar refractivity (Wildman–Crippen MR) is 155 cm³/mol. The van der Waals surface area contributed by atoms with Crippen LogP contribution in [0.5, 0.6) is 0 Å². The molecule has 0 N–H and O–H groups in total. The van der Waals surface area contributed by atoms with Gasteiger partial charge in [0, 0.05) is 47.6 Å². The van der Waals surface area contributed by atoms with Crippen LogP contribution in [0.25, 0.3) is 0 Å². The maximum absolute atomic E-state index is 14.4. The Labute approximate surface area is 242 Å². The van der Waals surface area contributed by atoms with Crippen LogP contribution in [0, 0.1) is 5.92 Å². The van der Waals surface area contributed by atoms with Gasteiger partial charge in [-0.2, -0.15) is 0 Å². The first-order valence-corrected chi connectivity index (χ1v) is 14.7. The van der Waals surface area contributed by atoms with Crippen LogP contribution in [-0.2, 0) is 19.1 Å². The maximum atomic E-state index is 14.4. The van der Waals surface area contributed by atoms with E-state index in [2.05, 4.69) is 22.8 Å². The molecule has 2 aliphatic rings. The summed E-state index contributed by atoms with van der Waals surface area (Å²) in [6, 6.07) is 15.4. The third-order valence-electron chi connectivity index (χ3n) is 7.58. The van der Waals surface area contributed by atoms with E-state index in [0.29, 0.717) is 29.7 Å². The lowest BCUT2D eigenvalue weighted by atomic mass is 9.74. The average Bonchev–Trinajstić information content (AvgIpc) is 2.88. The zero-order valence-electron chi connectivity index (χ0n) is 23.4. The van der Waals surface area contributed by atoms with E-state index < -0.39 is 11.5 Å². The normalized spacial score (nSPS) is 23.5. The monoisotopic (exact) mass is 574 g/mol. The number of hydrogen-bond donors (Lipinski definition) is 0. The van der Waals surface area contributed by atoms with Crippen molar-refractivity contribution in [2.75, 3.05) is 32.8 Å². The summed E-state index contributed by atoms with van der Waals surface area (Å²) in [6.07, 6.45) is 1.36. The molecule has 2 aromatic carbocycles. The molecule has 3 unspecified atom stereocenters. The average molecular weight is 576 g/mol. The number of carbonyl (C=O) groups excluding carboxylic acids is 2. The topological polar surface area (TPSA) is 59.1 Å². The number of morpholine rings is 1. The minimum Gasteiger partial charge on any atom is -0.460 e. The SMILES string of the molecule is CCC(CN1CCOCC1)N1C(=O)[C@@H](CC(=O)OC(C)(C)C)CC(c2cccc(Cl)c2)C1c1ccc(Cl)cc1. The van der Waals surface area contributed by atoms with Gasteiger partial charge in [0.15, 0.2) is 0 Å². The van der Waals surface area contributed by atoms with Gasteiger partial charge in [0.2, 0.25) is 5.91 Å². The molecule has 2 fully saturated rings. The summed E-state index contributed by atoms with van der Waals surface area (Å²) < 4.78 is 11.2. The zero-order chi connectivity index (χ0) is 28.2. The molecule has 0 aliphatic carbocycles. The Morgan fingerprint density at radius 2 is 1.74 bits per heavy atom. The number of carbonyl (C=O) groups is 2. The fourth-order valence-corrected chi connectivity index (χ4v) is 6.17. The minimum atomic E-state index is -0.616. The van der Waals surface area contributed by atoms with Crippen molar-refractivity contribution in [3.05, 3.63) is 69.7 Å². The van der Waals surface area contributed by atoms with E-state index in [1.54, 1.807) is 0 Å². The molecule has 0 radical (unpaired) electrons. The van der Waals surface area contributed by atoms with E-state index >= 15 is 0 Å². The Balaban J connectivity index is 1.77. The predicted octanol–water partition coefficient (Wildman–Crippen LogP) is 6.51. The van der Waals surface area contributed by atoms with Gasteiger partial charge < -0.3 is 14.4 Å². The van der Waals surface area contributed by atoms with E-state index in [1.807, 2.05) is 63.2 Å². The number of esters is 1. The highest BCUT2D eigenvalue weighted by Crippen LogP contribution is 2.48. The summed E-state index contributed by atoms with van der Waals surface area (Å²) in [4.78, 5) is 31.8. The van der Waals surface area contributed by atoms with Crippen LogP contribution >= 0.6 is 23.2 Å². The van der Waals surface area contributed by atoms with Crippen molar-refractivity contribution in [2.24, 2.45) is 5.92 Å². The molecule has 8 heteroatoms. The van der Waals surface area contributed by atoms with Gasteiger partial charge in [-0.1, -0.05) is 54.4 Å². The molecule has 4 rings (SSSR count).